The zero-order chi connectivity index (χ0) is 16.5. The Balaban J connectivity index is 2.19. The highest BCUT2D eigenvalue weighted by Crippen LogP contribution is 2.39. The molecule has 0 amide bonds. The van der Waals surface area contributed by atoms with Gasteiger partial charge in [0.25, 0.3) is 0 Å². The maximum absolute atomic E-state index is 3.73. The number of hydrogen-bond acceptors (Lipinski definition) is 0. The summed E-state index contributed by atoms with van der Waals surface area (Å²) in [5.74, 6) is 0. The Labute approximate surface area is 158 Å². The third-order valence-corrected chi connectivity index (χ3v) is 5.75. The van der Waals surface area contributed by atoms with Gasteiger partial charge in [-0.1, -0.05) is 98.6 Å². The van der Waals surface area contributed by atoms with E-state index in [1.807, 2.05) is 0 Å². The minimum Gasteiger partial charge on any atom is -0.0876 e. The molecule has 0 radical (unpaired) electrons. The smallest absolute Gasteiger partial charge is 0.0292 e. The van der Waals surface area contributed by atoms with Crippen molar-refractivity contribution in [3.63, 3.8) is 0 Å². The molecule has 4 aromatic carbocycles. The fourth-order valence-corrected chi connectivity index (χ4v) is 4.61. The Morgan fingerprint density at radius 1 is 0.625 bits per heavy atom. The third kappa shape index (κ3) is 2.58. The van der Waals surface area contributed by atoms with Crippen LogP contribution in [-0.2, 0) is 10.7 Å². The molecule has 2 heteroatoms. The van der Waals surface area contributed by atoms with Crippen molar-refractivity contribution in [1.29, 1.82) is 0 Å². The highest BCUT2D eigenvalue weighted by molar-refractivity contribution is 9.09. The number of benzene rings is 4. The van der Waals surface area contributed by atoms with Crippen molar-refractivity contribution in [2.24, 2.45) is 0 Å². The first kappa shape index (κ1) is 15.9. The van der Waals surface area contributed by atoms with Crippen LogP contribution in [0.1, 0.15) is 11.1 Å². The lowest BCUT2D eigenvalue weighted by molar-refractivity contribution is 1.32. The second-order valence-corrected chi connectivity index (χ2v) is 7.03. The number of alkyl halides is 2. The molecular weight excluding hydrogens is 424 g/mol. The molecule has 0 aliphatic rings. The summed E-state index contributed by atoms with van der Waals surface area (Å²) in [5, 5.41) is 6.89. The van der Waals surface area contributed by atoms with Gasteiger partial charge < -0.3 is 0 Å². The summed E-state index contributed by atoms with van der Waals surface area (Å²) in [6.45, 7) is 0. The molecule has 0 nitrogen and oxygen atoms in total. The Bertz CT molecular complexity index is 1030. The Morgan fingerprint density at radius 2 is 1.29 bits per heavy atom. The summed E-state index contributed by atoms with van der Waals surface area (Å²) in [7, 11) is 0. The van der Waals surface area contributed by atoms with Crippen LogP contribution in [0.4, 0.5) is 0 Å². The van der Waals surface area contributed by atoms with E-state index in [4.69, 9.17) is 0 Å². The van der Waals surface area contributed by atoms with Gasteiger partial charge in [0.1, 0.15) is 0 Å². The van der Waals surface area contributed by atoms with Crippen LogP contribution in [0.15, 0.2) is 72.8 Å². The molecule has 0 N–H and O–H groups in total. The molecule has 0 heterocycles. The molecule has 0 aromatic heterocycles. The Kier molecular flexibility index (Phi) is 4.43. The van der Waals surface area contributed by atoms with Crippen LogP contribution >= 0.6 is 31.9 Å². The molecule has 0 aliphatic heterocycles. The fraction of sp³-hybridized carbons (Fsp3) is 0.0909. The van der Waals surface area contributed by atoms with Gasteiger partial charge in [0.05, 0.1) is 0 Å². The van der Waals surface area contributed by atoms with Crippen LogP contribution in [0, 0.1) is 0 Å². The standard InChI is InChI=1S/C22H16Br2/c23-13-17-12-16-7-2-4-10-19(16)22(21(17)14-24)20-11-5-8-15-6-1-3-9-18(15)20/h1-12H,13-14H2. The summed E-state index contributed by atoms with van der Waals surface area (Å²) in [5.41, 5.74) is 5.35. The summed E-state index contributed by atoms with van der Waals surface area (Å²) < 4.78 is 0. The number of fused-ring (bicyclic) bond motifs is 2. The van der Waals surface area contributed by atoms with Crippen molar-refractivity contribution in [2.45, 2.75) is 10.7 Å². The van der Waals surface area contributed by atoms with Crippen molar-refractivity contribution >= 4 is 53.4 Å². The predicted molar refractivity (Wildman–Crippen MR) is 112 cm³/mol. The van der Waals surface area contributed by atoms with E-state index >= 15 is 0 Å². The average molecular weight is 440 g/mol. The van der Waals surface area contributed by atoms with E-state index in [-0.39, 0.29) is 0 Å². The summed E-state index contributed by atoms with van der Waals surface area (Å²) in [4.78, 5) is 0. The van der Waals surface area contributed by atoms with Crippen molar-refractivity contribution in [3.8, 4) is 11.1 Å². The first-order valence-electron chi connectivity index (χ1n) is 7.97. The van der Waals surface area contributed by atoms with Crippen molar-refractivity contribution in [1.82, 2.24) is 0 Å². The molecule has 4 rings (SSSR count). The van der Waals surface area contributed by atoms with E-state index in [1.54, 1.807) is 0 Å². The summed E-state index contributed by atoms with van der Waals surface area (Å²) in [6.07, 6.45) is 0. The van der Waals surface area contributed by atoms with Crippen LogP contribution in [0.3, 0.4) is 0 Å². The summed E-state index contributed by atoms with van der Waals surface area (Å²) >= 11 is 7.40. The predicted octanol–water partition coefficient (Wildman–Crippen LogP) is 7.45. The van der Waals surface area contributed by atoms with Gasteiger partial charge in [-0.15, -0.1) is 0 Å². The van der Waals surface area contributed by atoms with E-state index in [0.29, 0.717) is 0 Å². The first-order valence-corrected chi connectivity index (χ1v) is 10.2. The lowest BCUT2D eigenvalue weighted by Crippen LogP contribution is -1.96. The van der Waals surface area contributed by atoms with E-state index in [0.717, 1.165) is 10.7 Å². The van der Waals surface area contributed by atoms with Gasteiger partial charge in [0.2, 0.25) is 0 Å². The molecule has 118 valence electrons. The van der Waals surface area contributed by atoms with Crippen molar-refractivity contribution in [3.05, 3.63) is 83.9 Å². The van der Waals surface area contributed by atoms with E-state index in [1.165, 1.54) is 43.8 Å². The zero-order valence-electron chi connectivity index (χ0n) is 13.1. The number of rotatable bonds is 3. The van der Waals surface area contributed by atoms with Gasteiger partial charge in [0, 0.05) is 10.7 Å². The Morgan fingerprint density at radius 3 is 2.04 bits per heavy atom. The van der Waals surface area contributed by atoms with Crippen LogP contribution in [-0.4, -0.2) is 0 Å². The van der Waals surface area contributed by atoms with Gasteiger partial charge in [0.15, 0.2) is 0 Å². The first-order chi connectivity index (χ1) is 11.8. The number of hydrogen-bond donors (Lipinski definition) is 0. The maximum Gasteiger partial charge on any atom is 0.0292 e. The second kappa shape index (κ2) is 6.70. The molecule has 0 spiro atoms. The monoisotopic (exact) mass is 438 g/mol. The van der Waals surface area contributed by atoms with E-state index < -0.39 is 0 Å². The quantitative estimate of drug-likeness (QED) is 0.291. The zero-order valence-corrected chi connectivity index (χ0v) is 16.3. The number of halogens is 2. The third-order valence-electron chi connectivity index (χ3n) is 4.59. The van der Waals surface area contributed by atoms with E-state index in [2.05, 4.69) is 105 Å². The SMILES string of the molecule is BrCc1cc2ccccc2c(-c2cccc3ccccc23)c1CBr. The van der Waals surface area contributed by atoms with Crippen LogP contribution in [0.5, 0.6) is 0 Å². The molecule has 0 bridgehead atoms. The lowest BCUT2D eigenvalue weighted by atomic mass is 9.88. The van der Waals surface area contributed by atoms with Crippen LogP contribution < -0.4 is 0 Å². The second-order valence-electron chi connectivity index (χ2n) is 5.90. The van der Waals surface area contributed by atoms with Crippen LogP contribution in [0.25, 0.3) is 32.7 Å². The van der Waals surface area contributed by atoms with Crippen LogP contribution in [0.2, 0.25) is 0 Å². The topological polar surface area (TPSA) is 0 Å². The Hall–Kier alpha value is -1.64. The van der Waals surface area contributed by atoms with Crippen molar-refractivity contribution in [2.75, 3.05) is 0 Å². The molecule has 0 atom stereocenters. The largest absolute Gasteiger partial charge is 0.0876 e. The summed E-state index contributed by atoms with van der Waals surface area (Å²) in [6, 6.07) is 26.2. The fourth-order valence-electron chi connectivity index (χ4n) is 3.47. The molecular formula is C22H16Br2. The maximum atomic E-state index is 3.73. The van der Waals surface area contributed by atoms with Crippen molar-refractivity contribution < 1.29 is 0 Å². The molecule has 4 aromatic rings. The molecule has 0 fully saturated rings. The molecule has 0 saturated carbocycles. The molecule has 0 unspecified atom stereocenters. The van der Waals surface area contributed by atoms with Gasteiger partial charge in [-0.3, -0.25) is 0 Å². The molecule has 0 saturated heterocycles. The van der Waals surface area contributed by atoms with Gasteiger partial charge in [-0.25, -0.2) is 0 Å². The van der Waals surface area contributed by atoms with Gasteiger partial charge >= 0.3 is 0 Å². The molecule has 0 aliphatic carbocycles. The highest BCUT2D eigenvalue weighted by atomic mass is 79.9. The highest BCUT2D eigenvalue weighted by Gasteiger charge is 2.15. The van der Waals surface area contributed by atoms with Gasteiger partial charge in [-0.05, 0) is 49.9 Å². The normalized spacial score (nSPS) is 11.2. The lowest BCUT2D eigenvalue weighted by Gasteiger charge is -2.17. The molecule has 24 heavy (non-hydrogen) atoms. The van der Waals surface area contributed by atoms with Gasteiger partial charge in [-0.2, -0.15) is 0 Å². The van der Waals surface area contributed by atoms with E-state index in [9.17, 15) is 0 Å². The minimum absolute atomic E-state index is 0.845. The average Bonchev–Trinajstić information content (AvgIpc) is 2.66. The minimum atomic E-state index is 0.845.